The molecule has 1 saturated heterocycles. The average Bonchev–Trinajstić information content (AvgIpc) is 3.04. The maximum atomic E-state index is 12.4. The van der Waals surface area contributed by atoms with Gasteiger partial charge in [0.1, 0.15) is 0 Å². The fourth-order valence-corrected chi connectivity index (χ4v) is 3.18. The topological polar surface area (TPSA) is 41.6 Å². The van der Waals surface area contributed by atoms with Gasteiger partial charge in [0, 0.05) is 24.9 Å². The van der Waals surface area contributed by atoms with Crippen molar-refractivity contribution < 1.29 is 9.53 Å². The van der Waals surface area contributed by atoms with Crippen molar-refractivity contribution in [2.24, 2.45) is 0 Å². The van der Waals surface area contributed by atoms with E-state index in [0.717, 1.165) is 38.1 Å². The van der Waals surface area contributed by atoms with Crippen LogP contribution in [0, 0.1) is 0 Å². The number of nitrogens with one attached hydrogen (secondary N) is 1. The summed E-state index contributed by atoms with van der Waals surface area (Å²) in [6.07, 6.45) is 3.47. The number of para-hydroxylation sites is 1. The molecule has 1 fully saturated rings. The Morgan fingerprint density at radius 2 is 2.30 bits per heavy atom. The molecule has 0 bridgehead atoms. The first-order chi connectivity index (χ1) is 9.75. The Morgan fingerprint density at radius 1 is 1.45 bits per heavy atom. The summed E-state index contributed by atoms with van der Waals surface area (Å²) in [5.41, 5.74) is 2.34. The molecule has 2 aliphatic rings. The highest BCUT2D eigenvalue weighted by atomic mass is 16.5. The van der Waals surface area contributed by atoms with Crippen LogP contribution >= 0.6 is 0 Å². The SMILES string of the molecule is C[C@H]1Cc2ccccc2N1C(=O)CNC[C@@H]1CCCO1. The Bertz CT molecular complexity index is 483. The Kier molecular flexibility index (Phi) is 4.03. The largest absolute Gasteiger partial charge is 0.377 e. The van der Waals surface area contributed by atoms with Gasteiger partial charge in [0.15, 0.2) is 0 Å². The third-order valence-corrected chi connectivity index (χ3v) is 4.15. The first-order valence-electron chi connectivity index (χ1n) is 7.48. The quantitative estimate of drug-likeness (QED) is 0.909. The van der Waals surface area contributed by atoms with Crippen molar-refractivity contribution in [3.8, 4) is 0 Å². The van der Waals surface area contributed by atoms with Gasteiger partial charge in [0.05, 0.1) is 12.6 Å². The van der Waals surface area contributed by atoms with E-state index in [1.165, 1.54) is 5.56 Å². The molecule has 1 aromatic rings. The zero-order valence-corrected chi connectivity index (χ0v) is 12.0. The minimum atomic E-state index is 0.153. The number of nitrogens with zero attached hydrogens (tertiary/aromatic N) is 1. The Hall–Kier alpha value is -1.39. The maximum Gasteiger partial charge on any atom is 0.241 e. The zero-order chi connectivity index (χ0) is 13.9. The van der Waals surface area contributed by atoms with Gasteiger partial charge in [0.25, 0.3) is 0 Å². The van der Waals surface area contributed by atoms with E-state index in [1.807, 2.05) is 23.1 Å². The predicted octanol–water partition coefficient (Wildman–Crippen LogP) is 1.73. The van der Waals surface area contributed by atoms with Crippen molar-refractivity contribution >= 4 is 11.6 Å². The monoisotopic (exact) mass is 274 g/mol. The number of hydrogen-bond acceptors (Lipinski definition) is 3. The predicted molar refractivity (Wildman–Crippen MR) is 78.9 cm³/mol. The van der Waals surface area contributed by atoms with E-state index in [1.54, 1.807) is 0 Å². The second-order valence-corrected chi connectivity index (χ2v) is 5.71. The van der Waals surface area contributed by atoms with Crippen molar-refractivity contribution in [2.75, 3.05) is 24.6 Å². The summed E-state index contributed by atoms with van der Waals surface area (Å²) in [6.45, 7) is 4.13. The molecule has 2 heterocycles. The number of amides is 1. The van der Waals surface area contributed by atoms with Crippen molar-refractivity contribution in [1.29, 1.82) is 0 Å². The van der Waals surface area contributed by atoms with E-state index in [4.69, 9.17) is 4.74 Å². The Balaban J connectivity index is 1.56. The number of benzene rings is 1. The second kappa shape index (κ2) is 5.94. The van der Waals surface area contributed by atoms with E-state index in [2.05, 4.69) is 18.3 Å². The summed E-state index contributed by atoms with van der Waals surface area (Å²) in [6, 6.07) is 8.44. The van der Waals surface area contributed by atoms with Gasteiger partial charge in [-0.3, -0.25) is 4.79 Å². The lowest BCUT2D eigenvalue weighted by atomic mass is 10.1. The van der Waals surface area contributed by atoms with Crippen LogP contribution in [0.5, 0.6) is 0 Å². The van der Waals surface area contributed by atoms with Crippen LogP contribution < -0.4 is 10.2 Å². The maximum absolute atomic E-state index is 12.4. The van der Waals surface area contributed by atoms with Crippen LogP contribution in [0.4, 0.5) is 5.69 Å². The van der Waals surface area contributed by atoms with Crippen molar-refractivity contribution in [1.82, 2.24) is 5.32 Å². The second-order valence-electron chi connectivity index (χ2n) is 5.71. The molecule has 20 heavy (non-hydrogen) atoms. The summed E-state index contributed by atoms with van der Waals surface area (Å²) in [5, 5.41) is 3.24. The van der Waals surface area contributed by atoms with Crippen LogP contribution in [0.15, 0.2) is 24.3 Å². The van der Waals surface area contributed by atoms with Crippen LogP contribution in [-0.4, -0.2) is 37.7 Å². The molecule has 0 unspecified atom stereocenters. The highest BCUT2D eigenvalue weighted by Gasteiger charge is 2.30. The van der Waals surface area contributed by atoms with Gasteiger partial charge in [-0.1, -0.05) is 18.2 Å². The van der Waals surface area contributed by atoms with Crippen LogP contribution in [0.2, 0.25) is 0 Å². The van der Waals surface area contributed by atoms with Gasteiger partial charge in [-0.25, -0.2) is 0 Å². The molecule has 4 heteroatoms. The van der Waals surface area contributed by atoms with Crippen LogP contribution in [0.1, 0.15) is 25.3 Å². The molecule has 0 aromatic heterocycles. The van der Waals surface area contributed by atoms with Crippen molar-refractivity contribution in [3.05, 3.63) is 29.8 Å². The number of carbonyl (C=O) groups excluding carboxylic acids is 1. The van der Waals surface area contributed by atoms with Gasteiger partial charge < -0.3 is 15.0 Å². The van der Waals surface area contributed by atoms with Crippen LogP contribution in [0.3, 0.4) is 0 Å². The molecule has 0 radical (unpaired) electrons. The van der Waals surface area contributed by atoms with Gasteiger partial charge >= 0.3 is 0 Å². The van der Waals surface area contributed by atoms with Crippen LogP contribution in [-0.2, 0) is 16.0 Å². The smallest absolute Gasteiger partial charge is 0.241 e. The normalized spacial score (nSPS) is 24.9. The number of carbonyl (C=O) groups is 1. The number of fused-ring (bicyclic) bond motifs is 1. The van der Waals surface area contributed by atoms with Gasteiger partial charge in [0.2, 0.25) is 5.91 Å². The lowest BCUT2D eigenvalue weighted by Gasteiger charge is -2.23. The molecule has 2 atom stereocenters. The van der Waals surface area contributed by atoms with E-state index >= 15 is 0 Å². The molecule has 4 nitrogen and oxygen atoms in total. The summed E-state index contributed by atoms with van der Waals surface area (Å²) in [5.74, 6) is 0.153. The minimum absolute atomic E-state index is 0.153. The van der Waals surface area contributed by atoms with Gasteiger partial charge in [-0.05, 0) is 37.8 Å². The minimum Gasteiger partial charge on any atom is -0.377 e. The first kappa shape index (κ1) is 13.6. The molecule has 1 aromatic carbocycles. The summed E-state index contributed by atoms with van der Waals surface area (Å²) >= 11 is 0. The number of anilines is 1. The standard InChI is InChI=1S/C16H22N2O2/c1-12-9-13-5-2-3-7-15(13)18(12)16(19)11-17-10-14-6-4-8-20-14/h2-3,5,7,12,14,17H,4,6,8-11H2,1H3/t12-,14-/m0/s1. The van der Waals surface area contributed by atoms with E-state index < -0.39 is 0 Å². The van der Waals surface area contributed by atoms with E-state index in [9.17, 15) is 4.79 Å². The van der Waals surface area contributed by atoms with Gasteiger partial charge in [-0.2, -0.15) is 0 Å². The Labute approximate surface area is 120 Å². The zero-order valence-electron chi connectivity index (χ0n) is 12.0. The number of ether oxygens (including phenoxy) is 1. The molecular formula is C16H22N2O2. The highest BCUT2D eigenvalue weighted by Crippen LogP contribution is 2.31. The number of hydrogen-bond donors (Lipinski definition) is 1. The first-order valence-corrected chi connectivity index (χ1v) is 7.48. The molecule has 0 saturated carbocycles. The Morgan fingerprint density at radius 3 is 3.10 bits per heavy atom. The molecule has 2 aliphatic heterocycles. The lowest BCUT2D eigenvalue weighted by molar-refractivity contribution is -0.118. The van der Waals surface area contributed by atoms with Crippen molar-refractivity contribution in [3.63, 3.8) is 0 Å². The molecule has 0 aliphatic carbocycles. The lowest BCUT2D eigenvalue weighted by Crippen LogP contribution is -2.43. The summed E-state index contributed by atoms with van der Waals surface area (Å²) < 4.78 is 5.55. The highest BCUT2D eigenvalue weighted by molar-refractivity contribution is 5.97. The molecule has 108 valence electrons. The molecule has 0 spiro atoms. The molecule has 3 rings (SSSR count). The fourth-order valence-electron chi connectivity index (χ4n) is 3.18. The van der Waals surface area contributed by atoms with E-state index in [0.29, 0.717) is 6.54 Å². The van der Waals surface area contributed by atoms with Gasteiger partial charge in [-0.15, -0.1) is 0 Å². The molecule has 1 N–H and O–H groups in total. The molecule has 1 amide bonds. The van der Waals surface area contributed by atoms with Crippen LogP contribution in [0.25, 0.3) is 0 Å². The number of rotatable bonds is 4. The fraction of sp³-hybridized carbons (Fsp3) is 0.562. The van der Waals surface area contributed by atoms with Crippen molar-refractivity contribution in [2.45, 2.75) is 38.3 Å². The summed E-state index contributed by atoms with van der Waals surface area (Å²) in [4.78, 5) is 14.3. The third kappa shape index (κ3) is 2.72. The van der Waals surface area contributed by atoms with E-state index in [-0.39, 0.29) is 18.1 Å². The third-order valence-electron chi connectivity index (χ3n) is 4.15. The average molecular weight is 274 g/mol. The summed E-state index contributed by atoms with van der Waals surface area (Å²) in [7, 11) is 0. The molecular weight excluding hydrogens is 252 g/mol.